The first-order chi connectivity index (χ1) is 13.1. The molecular weight excluding hydrogens is 426 g/mol. The van der Waals surface area contributed by atoms with Crippen molar-refractivity contribution in [3.63, 3.8) is 0 Å². The highest BCUT2D eigenvalue weighted by Gasteiger charge is 2.26. The number of carbonyl (C=O) groups excluding carboxylic acids is 1. The van der Waals surface area contributed by atoms with Gasteiger partial charge in [0.15, 0.2) is 5.13 Å². The average Bonchev–Trinajstić information content (AvgIpc) is 3.13. The van der Waals surface area contributed by atoms with Crippen LogP contribution in [0.1, 0.15) is 12.8 Å². The van der Waals surface area contributed by atoms with Gasteiger partial charge < -0.3 is 15.0 Å². The molecule has 0 aliphatic carbocycles. The normalized spacial score (nSPS) is 15.1. The quantitative estimate of drug-likeness (QED) is 0.618. The summed E-state index contributed by atoms with van der Waals surface area (Å²) in [6.07, 6.45) is 1.67. The number of methoxy groups -OCH3 is 1. The van der Waals surface area contributed by atoms with Crippen LogP contribution in [0, 0.1) is 5.92 Å². The first-order valence-electron chi connectivity index (χ1n) is 8.88. The minimum absolute atomic E-state index is 0.0411. The van der Waals surface area contributed by atoms with Crippen molar-refractivity contribution in [2.75, 3.05) is 30.4 Å². The van der Waals surface area contributed by atoms with Crippen LogP contribution >= 0.6 is 27.3 Å². The molecule has 0 radical (unpaired) electrons. The van der Waals surface area contributed by atoms with Crippen molar-refractivity contribution in [3.05, 3.63) is 46.9 Å². The predicted molar refractivity (Wildman–Crippen MR) is 114 cm³/mol. The van der Waals surface area contributed by atoms with Crippen LogP contribution in [0.3, 0.4) is 0 Å². The average molecular weight is 446 g/mol. The molecule has 5 nitrogen and oxygen atoms in total. The standard InChI is InChI=1S/C20H20BrN3O2S/c1-26-16-6-7-17-18(12-16)27-20(23-17)24-10-8-13(9-11-24)19(25)22-15-4-2-14(21)3-5-15/h2-7,12-13H,8-11H2,1H3,(H,22,25). The lowest BCUT2D eigenvalue weighted by molar-refractivity contribution is -0.120. The number of halogens is 1. The molecule has 1 saturated heterocycles. The van der Waals surface area contributed by atoms with E-state index in [1.807, 2.05) is 42.5 Å². The lowest BCUT2D eigenvalue weighted by Crippen LogP contribution is -2.38. The summed E-state index contributed by atoms with van der Waals surface area (Å²) in [5.74, 6) is 0.992. The number of fused-ring (bicyclic) bond motifs is 1. The van der Waals surface area contributed by atoms with Crippen LogP contribution in [0.15, 0.2) is 46.9 Å². The van der Waals surface area contributed by atoms with Crippen LogP contribution < -0.4 is 15.0 Å². The van der Waals surface area contributed by atoms with E-state index >= 15 is 0 Å². The number of anilines is 2. The lowest BCUT2D eigenvalue weighted by atomic mass is 9.96. The molecule has 0 spiro atoms. The van der Waals surface area contributed by atoms with E-state index in [2.05, 4.69) is 26.1 Å². The Balaban J connectivity index is 1.38. The second-order valence-corrected chi connectivity index (χ2v) is 8.51. The second-order valence-electron chi connectivity index (χ2n) is 6.59. The largest absolute Gasteiger partial charge is 0.497 e. The molecular formula is C20H20BrN3O2S. The van der Waals surface area contributed by atoms with E-state index < -0.39 is 0 Å². The lowest BCUT2D eigenvalue weighted by Gasteiger charge is -2.31. The zero-order valence-corrected chi connectivity index (χ0v) is 17.3. The summed E-state index contributed by atoms with van der Waals surface area (Å²) in [6, 6.07) is 13.6. The molecule has 3 aromatic rings. The molecule has 1 aliphatic heterocycles. The third kappa shape index (κ3) is 4.09. The second kappa shape index (κ2) is 7.86. The Hall–Kier alpha value is -2.12. The highest BCUT2D eigenvalue weighted by molar-refractivity contribution is 9.10. The van der Waals surface area contributed by atoms with Gasteiger partial charge in [-0.25, -0.2) is 4.98 Å². The molecule has 4 rings (SSSR count). The van der Waals surface area contributed by atoms with Crippen molar-refractivity contribution in [3.8, 4) is 5.75 Å². The maximum Gasteiger partial charge on any atom is 0.227 e. The number of hydrogen-bond acceptors (Lipinski definition) is 5. The van der Waals surface area contributed by atoms with Gasteiger partial charge in [-0.3, -0.25) is 4.79 Å². The molecule has 0 unspecified atom stereocenters. The van der Waals surface area contributed by atoms with Crippen LogP contribution in [-0.4, -0.2) is 31.1 Å². The number of nitrogens with zero attached hydrogens (tertiary/aromatic N) is 2. The molecule has 0 atom stereocenters. The van der Waals surface area contributed by atoms with Crippen LogP contribution in [0.2, 0.25) is 0 Å². The van der Waals surface area contributed by atoms with Crippen LogP contribution in [0.25, 0.3) is 10.2 Å². The minimum atomic E-state index is 0.0411. The molecule has 0 bridgehead atoms. The van der Waals surface area contributed by atoms with Crippen molar-refractivity contribution >= 4 is 54.2 Å². The molecule has 2 heterocycles. The highest BCUT2D eigenvalue weighted by Crippen LogP contribution is 2.33. The molecule has 1 fully saturated rings. The topological polar surface area (TPSA) is 54.5 Å². The summed E-state index contributed by atoms with van der Waals surface area (Å²) in [7, 11) is 1.67. The van der Waals surface area contributed by atoms with Crippen molar-refractivity contribution in [2.24, 2.45) is 5.92 Å². The molecule has 7 heteroatoms. The molecule has 1 amide bonds. The van der Waals surface area contributed by atoms with Crippen LogP contribution in [0.5, 0.6) is 5.75 Å². The zero-order chi connectivity index (χ0) is 18.8. The van der Waals surface area contributed by atoms with E-state index in [9.17, 15) is 4.79 Å². The Labute approximate surface area is 170 Å². The van der Waals surface area contributed by atoms with Gasteiger partial charge >= 0.3 is 0 Å². The fourth-order valence-electron chi connectivity index (χ4n) is 3.27. The maximum absolute atomic E-state index is 12.5. The highest BCUT2D eigenvalue weighted by atomic mass is 79.9. The molecule has 1 aromatic heterocycles. The summed E-state index contributed by atoms with van der Waals surface area (Å²) in [6.45, 7) is 1.69. The predicted octanol–water partition coefficient (Wildman–Crippen LogP) is 4.92. The fourth-order valence-corrected chi connectivity index (χ4v) is 4.58. The molecule has 1 N–H and O–H groups in total. The molecule has 0 saturated carbocycles. The van der Waals surface area contributed by atoms with Gasteiger partial charge in [-0.2, -0.15) is 0 Å². The number of thiazole rings is 1. The van der Waals surface area contributed by atoms with Gasteiger partial charge in [0, 0.05) is 29.2 Å². The van der Waals surface area contributed by atoms with E-state index in [0.29, 0.717) is 0 Å². The fraction of sp³-hybridized carbons (Fsp3) is 0.300. The number of nitrogens with one attached hydrogen (secondary N) is 1. The summed E-state index contributed by atoms with van der Waals surface area (Å²) >= 11 is 5.08. The summed E-state index contributed by atoms with van der Waals surface area (Å²) in [5.41, 5.74) is 1.83. The maximum atomic E-state index is 12.5. The molecule has 27 heavy (non-hydrogen) atoms. The van der Waals surface area contributed by atoms with Crippen molar-refractivity contribution in [1.29, 1.82) is 0 Å². The van der Waals surface area contributed by atoms with Gasteiger partial charge in [0.05, 0.1) is 17.3 Å². The first kappa shape index (κ1) is 18.3. The van der Waals surface area contributed by atoms with E-state index in [0.717, 1.165) is 57.2 Å². The Morgan fingerprint density at radius 1 is 1.22 bits per heavy atom. The third-order valence-corrected chi connectivity index (χ3v) is 6.44. The molecule has 140 valence electrons. The Kier molecular flexibility index (Phi) is 5.31. The Bertz CT molecular complexity index is 950. The van der Waals surface area contributed by atoms with E-state index in [1.165, 1.54) is 0 Å². The monoisotopic (exact) mass is 445 g/mol. The number of piperidine rings is 1. The Morgan fingerprint density at radius 2 is 1.96 bits per heavy atom. The summed E-state index contributed by atoms with van der Waals surface area (Å²) < 4.78 is 7.42. The smallest absolute Gasteiger partial charge is 0.227 e. The molecule has 2 aromatic carbocycles. The number of benzene rings is 2. The minimum Gasteiger partial charge on any atom is -0.497 e. The number of hydrogen-bond donors (Lipinski definition) is 1. The number of ether oxygens (including phenoxy) is 1. The van der Waals surface area contributed by atoms with Gasteiger partial charge in [-0.15, -0.1) is 0 Å². The summed E-state index contributed by atoms with van der Waals surface area (Å²) in [4.78, 5) is 19.6. The SMILES string of the molecule is COc1ccc2nc(N3CCC(C(=O)Nc4ccc(Br)cc4)CC3)sc2c1. The van der Waals surface area contributed by atoms with Gasteiger partial charge in [-0.05, 0) is 55.3 Å². The van der Waals surface area contributed by atoms with Crippen molar-refractivity contribution in [1.82, 2.24) is 4.98 Å². The van der Waals surface area contributed by atoms with Crippen LogP contribution in [-0.2, 0) is 4.79 Å². The third-order valence-electron chi connectivity index (χ3n) is 4.83. The van der Waals surface area contributed by atoms with E-state index in [4.69, 9.17) is 9.72 Å². The number of aromatic nitrogens is 1. The zero-order valence-electron chi connectivity index (χ0n) is 14.9. The van der Waals surface area contributed by atoms with E-state index in [1.54, 1.807) is 18.4 Å². The van der Waals surface area contributed by atoms with Gasteiger partial charge in [0.2, 0.25) is 5.91 Å². The van der Waals surface area contributed by atoms with Gasteiger partial charge in [-0.1, -0.05) is 27.3 Å². The van der Waals surface area contributed by atoms with Gasteiger partial charge in [0.25, 0.3) is 0 Å². The summed E-state index contributed by atoms with van der Waals surface area (Å²) in [5, 5.41) is 4.04. The molecule has 1 aliphatic rings. The number of amides is 1. The van der Waals surface area contributed by atoms with Crippen molar-refractivity contribution in [2.45, 2.75) is 12.8 Å². The van der Waals surface area contributed by atoms with E-state index in [-0.39, 0.29) is 11.8 Å². The first-order valence-corrected chi connectivity index (χ1v) is 10.5. The van der Waals surface area contributed by atoms with Crippen LogP contribution in [0.4, 0.5) is 10.8 Å². The Morgan fingerprint density at radius 3 is 2.67 bits per heavy atom. The van der Waals surface area contributed by atoms with Crippen molar-refractivity contribution < 1.29 is 9.53 Å². The number of carbonyl (C=O) groups is 1. The number of rotatable bonds is 4. The van der Waals surface area contributed by atoms with Gasteiger partial charge in [0.1, 0.15) is 5.75 Å².